The lowest BCUT2D eigenvalue weighted by Gasteiger charge is -2.05. The van der Waals surface area contributed by atoms with Crippen LogP contribution < -0.4 is 0 Å². The Labute approximate surface area is 104 Å². The molecule has 0 aliphatic rings. The Balaban J connectivity index is 2.26. The number of aromatic nitrogens is 1. The van der Waals surface area contributed by atoms with E-state index in [0.717, 1.165) is 16.8 Å². The van der Waals surface area contributed by atoms with Gasteiger partial charge in [-0.05, 0) is 28.9 Å². The summed E-state index contributed by atoms with van der Waals surface area (Å²) < 4.78 is 0. The monoisotopic (exact) mass is 246 g/mol. The molecule has 1 unspecified atom stereocenters. The molecule has 2 rings (SSSR count). The van der Waals surface area contributed by atoms with Gasteiger partial charge in [-0.1, -0.05) is 35.9 Å². The van der Waals surface area contributed by atoms with Gasteiger partial charge in [0.2, 0.25) is 0 Å². The van der Waals surface area contributed by atoms with Gasteiger partial charge in [0, 0.05) is 18.2 Å². The van der Waals surface area contributed by atoms with Crippen LogP contribution in [-0.2, 0) is 6.42 Å². The molecule has 0 amide bonds. The number of benzene rings is 1. The van der Waals surface area contributed by atoms with E-state index in [9.17, 15) is 4.91 Å². The minimum absolute atomic E-state index is 0.436. The lowest BCUT2D eigenvalue weighted by atomic mass is 10.1. The number of rotatable bonds is 4. The van der Waals surface area contributed by atoms with E-state index in [1.807, 2.05) is 42.5 Å². The third-order valence-electron chi connectivity index (χ3n) is 2.41. The Morgan fingerprint density at radius 3 is 2.82 bits per heavy atom. The summed E-state index contributed by atoms with van der Waals surface area (Å²) in [5.41, 5.74) is 2.18. The predicted molar refractivity (Wildman–Crippen MR) is 68.8 cm³/mol. The van der Waals surface area contributed by atoms with Gasteiger partial charge in [-0.15, -0.1) is 4.91 Å². The van der Waals surface area contributed by atoms with Crippen LogP contribution in [0.25, 0.3) is 11.3 Å². The highest BCUT2D eigenvalue weighted by Gasteiger charge is 2.06. The summed E-state index contributed by atoms with van der Waals surface area (Å²) in [5.74, 6) is 0. The van der Waals surface area contributed by atoms with Crippen molar-refractivity contribution in [1.29, 1.82) is 0 Å². The molecular weight excluding hydrogens is 236 g/mol. The van der Waals surface area contributed by atoms with Crippen LogP contribution in [0.4, 0.5) is 0 Å². The van der Waals surface area contributed by atoms with Crippen LogP contribution in [0.15, 0.2) is 53.8 Å². The second-order valence-electron chi connectivity index (χ2n) is 3.66. The number of halogens is 1. The molecule has 0 radical (unpaired) electrons. The molecule has 1 heterocycles. The number of alkyl halides is 1. The second kappa shape index (κ2) is 5.55. The molecule has 0 aliphatic carbocycles. The molecule has 1 aromatic carbocycles. The summed E-state index contributed by atoms with van der Waals surface area (Å²) in [5, 5.41) is 2.79. The first-order valence-corrected chi connectivity index (χ1v) is 5.70. The number of nitrogens with zero attached hydrogens (tertiary/aromatic N) is 2. The highest BCUT2D eigenvalue weighted by atomic mass is 35.5. The van der Waals surface area contributed by atoms with E-state index < -0.39 is 5.50 Å². The molecular formula is C13H11ClN2O. The van der Waals surface area contributed by atoms with Crippen molar-refractivity contribution in [2.45, 2.75) is 11.9 Å². The van der Waals surface area contributed by atoms with E-state index in [1.165, 1.54) is 0 Å². The quantitative estimate of drug-likeness (QED) is 0.470. The van der Waals surface area contributed by atoms with Crippen molar-refractivity contribution in [3.8, 4) is 11.3 Å². The maximum Gasteiger partial charge on any atom is 0.169 e. The Kier molecular flexibility index (Phi) is 3.83. The minimum atomic E-state index is -0.714. The first-order chi connectivity index (χ1) is 8.29. The number of hydrogen-bond acceptors (Lipinski definition) is 3. The van der Waals surface area contributed by atoms with Crippen molar-refractivity contribution < 1.29 is 0 Å². The topological polar surface area (TPSA) is 42.3 Å². The lowest BCUT2D eigenvalue weighted by Crippen LogP contribution is -1.98. The van der Waals surface area contributed by atoms with E-state index >= 15 is 0 Å². The molecule has 1 aromatic heterocycles. The molecule has 86 valence electrons. The summed E-state index contributed by atoms with van der Waals surface area (Å²) in [6.07, 6.45) is 2.19. The van der Waals surface area contributed by atoms with Crippen molar-refractivity contribution in [2.24, 2.45) is 5.18 Å². The van der Waals surface area contributed by atoms with E-state index in [4.69, 9.17) is 11.6 Å². The average molecular weight is 247 g/mol. The lowest BCUT2D eigenvalue weighted by molar-refractivity contribution is 0.883. The molecule has 1 atom stereocenters. The second-order valence-corrected chi connectivity index (χ2v) is 4.16. The number of nitroso groups, excluding NO2 is 1. The Morgan fingerprint density at radius 2 is 2.12 bits per heavy atom. The fraction of sp³-hybridized carbons (Fsp3) is 0.154. The first-order valence-electron chi connectivity index (χ1n) is 5.26. The summed E-state index contributed by atoms with van der Waals surface area (Å²) in [6.45, 7) is 0. The van der Waals surface area contributed by atoms with Gasteiger partial charge in [0.15, 0.2) is 5.50 Å². The summed E-state index contributed by atoms with van der Waals surface area (Å²) >= 11 is 5.70. The normalized spacial score (nSPS) is 12.1. The highest BCUT2D eigenvalue weighted by molar-refractivity contribution is 6.20. The summed E-state index contributed by atoms with van der Waals surface area (Å²) in [4.78, 5) is 14.5. The molecule has 0 fully saturated rings. The molecule has 3 nitrogen and oxygen atoms in total. The molecule has 0 spiro atoms. The van der Waals surface area contributed by atoms with Crippen LogP contribution in [-0.4, -0.2) is 10.5 Å². The molecule has 17 heavy (non-hydrogen) atoms. The molecule has 0 N–H and O–H groups in total. The molecule has 4 heteroatoms. The molecule has 2 aromatic rings. The molecule has 0 bridgehead atoms. The van der Waals surface area contributed by atoms with E-state index in [2.05, 4.69) is 10.2 Å². The maximum absolute atomic E-state index is 10.3. The van der Waals surface area contributed by atoms with Crippen LogP contribution in [0, 0.1) is 4.91 Å². The summed E-state index contributed by atoms with van der Waals surface area (Å²) in [7, 11) is 0. The van der Waals surface area contributed by atoms with E-state index in [1.54, 1.807) is 6.20 Å². The van der Waals surface area contributed by atoms with Gasteiger partial charge < -0.3 is 0 Å². The van der Waals surface area contributed by atoms with Crippen molar-refractivity contribution in [1.82, 2.24) is 4.98 Å². The standard InChI is InChI=1S/C13H11ClN2O/c14-13(16-17)9-10-4-3-5-11(8-10)12-6-1-2-7-15-12/h1-8,13H,9H2. The van der Waals surface area contributed by atoms with Gasteiger partial charge in [0.25, 0.3) is 0 Å². The molecule has 0 saturated heterocycles. The molecule has 0 saturated carbocycles. The zero-order valence-electron chi connectivity index (χ0n) is 9.08. The Hall–Kier alpha value is -1.74. The Bertz CT molecular complexity index is 502. The van der Waals surface area contributed by atoms with Crippen molar-refractivity contribution in [3.05, 3.63) is 59.1 Å². The zero-order valence-corrected chi connectivity index (χ0v) is 9.84. The summed E-state index contributed by atoms with van der Waals surface area (Å²) in [6, 6.07) is 13.5. The van der Waals surface area contributed by atoms with Gasteiger partial charge in [0.05, 0.1) is 5.69 Å². The minimum Gasteiger partial charge on any atom is -0.256 e. The SMILES string of the molecule is O=NC(Cl)Cc1cccc(-c2ccccn2)c1. The fourth-order valence-corrected chi connectivity index (χ4v) is 1.80. The van der Waals surface area contributed by atoms with Gasteiger partial charge in [-0.25, -0.2) is 0 Å². The first kappa shape index (κ1) is 11.7. The van der Waals surface area contributed by atoms with Crippen molar-refractivity contribution >= 4 is 11.6 Å². The van der Waals surface area contributed by atoms with Crippen LogP contribution in [0.5, 0.6) is 0 Å². The molecule has 0 aliphatic heterocycles. The predicted octanol–water partition coefficient (Wildman–Crippen LogP) is 3.62. The van der Waals surface area contributed by atoms with Crippen LogP contribution in [0.1, 0.15) is 5.56 Å². The van der Waals surface area contributed by atoms with E-state index in [-0.39, 0.29) is 0 Å². The average Bonchev–Trinajstić information content (AvgIpc) is 2.40. The van der Waals surface area contributed by atoms with Crippen LogP contribution >= 0.6 is 11.6 Å². The van der Waals surface area contributed by atoms with Gasteiger partial charge in [-0.2, -0.15) is 0 Å². The zero-order chi connectivity index (χ0) is 12.1. The van der Waals surface area contributed by atoms with Gasteiger partial charge in [-0.3, -0.25) is 4.98 Å². The van der Waals surface area contributed by atoms with E-state index in [0.29, 0.717) is 6.42 Å². The van der Waals surface area contributed by atoms with Crippen LogP contribution in [0.3, 0.4) is 0 Å². The maximum atomic E-state index is 10.3. The number of pyridine rings is 1. The third-order valence-corrected chi connectivity index (χ3v) is 2.64. The fourth-order valence-electron chi connectivity index (χ4n) is 1.62. The Morgan fingerprint density at radius 1 is 1.24 bits per heavy atom. The largest absolute Gasteiger partial charge is 0.256 e. The van der Waals surface area contributed by atoms with Gasteiger partial charge >= 0.3 is 0 Å². The highest BCUT2D eigenvalue weighted by Crippen LogP contribution is 2.19. The van der Waals surface area contributed by atoms with Crippen LogP contribution in [0.2, 0.25) is 0 Å². The smallest absolute Gasteiger partial charge is 0.169 e. The van der Waals surface area contributed by atoms with Crippen molar-refractivity contribution in [3.63, 3.8) is 0 Å². The van der Waals surface area contributed by atoms with Crippen molar-refractivity contribution in [2.75, 3.05) is 0 Å². The third kappa shape index (κ3) is 3.11. The number of hydrogen-bond donors (Lipinski definition) is 0. The van der Waals surface area contributed by atoms with Gasteiger partial charge in [0.1, 0.15) is 0 Å².